The average molecular weight is 178 g/mol. The molecule has 68 valence electrons. The molecule has 0 fully saturated rings. The van der Waals surface area contributed by atoms with E-state index < -0.39 is 5.60 Å². The van der Waals surface area contributed by atoms with Crippen LogP contribution in [-0.4, -0.2) is 15.6 Å². The van der Waals surface area contributed by atoms with Crippen molar-refractivity contribution in [2.45, 2.75) is 19.4 Å². The van der Waals surface area contributed by atoms with Gasteiger partial charge in [0, 0.05) is 5.57 Å². The molecule has 0 radical (unpaired) electrons. The summed E-state index contributed by atoms with van der Waals surface area (Å²) < 4.78 is 5.46. The molecule has 1 aliphatic rings. The van der Waals surface area contributed by atoms with Gasteiger partial charge in [0.1, 0.15) is 11.2 Å². The van der Waals surface area contributed by atoms with Crippen LogP contribution in [0.1, 0.15) is 19.4 Å². The van der Waals surface area contributed by atoms with Gasteiger partial charge in [0.15, 0.2) is 0 Å². The molecule has 4 nitrogen and oxygen atoms in total. The number of hydrogen-bond acceptors (Lipinski definition) is 3. The van der Waals surface area contributed by atoms with Gasteiger partial charge in [0.25, 0.3) is 5.56 Å². The quantitative estimate of drug-likeness (QED) is 0.643. The van der Waals surface area contributed by atoms with Crippen molar-refractivity contribution < 1.29 is 4.74 Å². The van der Waals surface area contributed by atoms with E-state index >= 15 is 0 Å². The van der Waals surface area contributed by atoms with Gasteiger partial charge in [-0.15, -0.1) is 0 Å². The lowest BCUT2D eigenvalue weighted by Crippen LogP contribution is -2.24. The van der Waals surface area contributed by atoms with Crippen molar-refractivity contribution in [1.29, 1.82) is 0 Å². The molecule has 1 aromatic rings. The van der Waals surface area contributed by atoms with Crippen LogP contribution in [-0.2, 0) is 0 Å². The van der Waals surface area contributed by atoms with E-state index in [4.69, 9.17) is 4.74 Å². The first-order valence-electron chi connectivity index (χ1n) is 3.99. The molecule has 0 saturated carbocycles. The van der Waals surface area contributed by atoms with E-state index in [1.54, 1.807) is 0 Å². The summed E-state index contributed by atoms with van der Waals surface area (Å²) in [4.78, 5) is 17.8. The summed E-state index contributed by atoms with van der Waals surface area (Å²) in [6.45, 7) is 7.54. The Morgan fingerprint density at radius 2 is 2.31 bits per heavy atom. The summed E-state index contributed by atoms with van der Waals surface area (Å²) in [5.74, 6) is 0.374. The Morgan fingerprint density at radius 1 is 1.62 bits per heavy atom. The number of fused-ring (bicyclic) bond motifs is 1. The second kappa shape index (κ2) is 2.22. The summed E-state index contributed by atoms with van der Waals surface area (Å²) >= 11 is 0. The number of nitrogens with one attached hydrogen (secondary N) is 1. The van der Waals surface area contributed by atoms with Crippen molar-refractivity contribution in [2.75, 3.05) is 0 Å². The molecule has 0 bridgehead atoms. The van der Waals surface area contributed by atoms with E-state index in [0.29, 0.717) is 17.0 Å². The molecule has 0 aromatic carbocycles. The second-order valence-corrected chi connectivity index (χ2v) is 3.50. The highest BCUT2D eigenvalue weighted by atomic mass is 16.5. The smallest absolute Gasteiger partial charge is 0.262 e. The van der Waals surface area contributed by atoms with Crippen molar-refractivity contribution >= 4 is 5.57 Å². The Balaban J connectivity index is 2.71. The van der Waals surface area contributed by atoms with Gasteiger partial charge in [0.2, 0.25) is 5.88 Å². The minimum Gasteiger partial charge on any atom is -0.466 e. The molecular formula is C9H10N2O2. The standard InChI is InChI=1S/C9H10N2O2/c1-5-6-7(12)10-4-11-8(6)13-9(5,2)3/h4H,1H2,2-3H3,(H,10,11,12). The number of rotatable bonds is 0. The Bertz CT molecular complexity index is 431. The largest absolute Gasteiger partial charge is 0.466 e. The van der Waals surface area contributed by atoms with Crippen molar-refractivity contribution in [3.05, 3.63) is 28.8 Å². The van der Waals surface area contributed by atoms with Gasteiger partial charge in [0.05, 0.1) is 6.33 Å². The van der Waals surface area contributed by atoms with Crippen molar-refractivity contribution in [3.63, 3.8) is 0 Å². The first-order valence-corrected chi connectivity index (χ1v) is 3.99. The molecule has 0 atom stereocenters. The molecule has 2 heterocycles. The van der Waals surface area contributed by atoms with Gasteiger partial charge < -0.3 is 9.72 Å². The predicted molar refractivity (Wildman–Crippen MR) is 48.6 cm³/mol. The van der Waals surface area contributed by atoms with Crippen LogP contribution in [0.25, 0.3) is 5.57 Å². The van der Waals surface area contributed by atoms with E-state index in [9.17, 15) is 4.79 Å². The normalized spacial score (nSPS) is 18.2. The highest BCUT2D eigenvalue weighted by molar-refractivity contribution is 5.75. The lowest BCUT2D eigenvalue weighted by molar-refractivity contribution is 0.182. The Hall–Kier alpha value is -1.58. The van der Waals surface area contributed by atoms with Gasteiger partial charge in [-0.3, -0.25) is 4.79 Å². The summed E-state index contributed by atoms with van der Waals surface area (Å²) in [5.41, 5.74) is 0.425. The van der Waals surface area contributed by atoms with E-state index in [2.05, 4.69) is 16.5 Å². The number of aromatic nitrogens is 2. The monoisotopic (exact) mass is 178 g/mol. The van der Waals surface area contributed by atoms with Crippen molar-refractivity contribution in [1.82, 2.24) is 9.97 Å². The zero-order chi connectivity index (χ0) is 9.64. The van der Waals surface area contributed by atoms with E-state index in [1.165, 1.54) is 6.33 Å². The highest BCUT2D eigenvalue weighted by Gasteiger charge is 2.37. The second-order valence-electron chi connectivity index (χ2n) is 3.50. The van der Waals surface area contributed by atoms with Gasteiger partial charge in [-0.05, 0) is 13.8 Å². The van der Waals surface area contributed by atoms with Crippen molar-refractivity contribution in [3.8, 4) is 5.88 Å². The fraction of sp³-hybridized carbons (Fsp3) is 0.333. The summed E-state index contributed by atoms with van der Waals surface area (Å²) in [6.07, 6.45) is 1.33. The maximum atomic E-state index is 11.4. The maximum absolute atomic E-state index is 11.4. The van der Waals surface area contributed by atoms with Crippen LogP contribution in [0.5, 0.6) is 5.88 Å². The zero-order valence-electron chi connectivity index (χ0n) is 7.55. The topological polar surface area (TPSA) is 55.0 Å². The maximum Gasteiger partial charge on any atom is 0.262 e. The number of aromatic amines is 1. The van der Waals surface area contributed by atoms with Gasteiger partial charge in [-0.1, -0.05) is 6.58 Å². The number of ether oxygens (including phenoxy) is 1. The SMILES string of the molecule is C=C1c2c(nc[nH]c2=O)OC1(C)C. The Labute approximate surface area is 75.3 Å². The summed E-state index contributed by atoms with van der Waals surface area (Å²) in [6, 6.07) is 0. The summed E-state index contributed by atoms with van der Waals surface area (Å²) in [7, 11) is 0. The fourth-order valence-electron chi connectivity index (χ4n) is 1.33. The highest BCUT2D eigenvalue weighted by Crippen LogP contribution is 2.38. The molecule has 1 aliphatic heterocycles. The minimum absolute atomic E-state index is 0.194. The van der Waals surface area contributed by atoms with Gasteiger partial charge in [-0.2, -0.15) is 0 Å². The molecule has 13 heavy (non-hydrogen) atoms. The average Bonchev–Trinajstić information content (AvgIpc) is 2.24. The molecular weight excluding hydrogens is 168 g/mol. The molecule has 0 amide bonds. The van der Waals surface area contributed by atoms with Crippen LogP contribution in [0.4, 0.5) is 0 Å². The molecule has 1 N–H and O–H groups in total. The lowest BCUT2D eigenvalue weighted by Gasteiger charge is -2.17. The zero-order valence-corrected chi connectivity index (χ0v) is 7.55. The molecule has 4 heteroatoms. The molecule has 1 aromatic heterocycles. The first kappa shape index (κ1) is 8.04. The minimum atomic E-state index is -0.524. The van der Waals surface area contributed by atoms with Crippen molar-refractivity contribution in [2.24, 2.45) is 0 Å². The van der Waals surface area contributed by atoms with Crippen LogP contribution in [0.15, 0.2) is 17.7 Å². The van der Waals surface area contributed by atoms with Crippen LogP contribution in [0.3, 0.4) is 0 Å². The number of H-pyrrole nitrogens is 1. The Kier molecular flexibility index (Phi) is 1.37. The molecule has 2 rings (SSSR count). The summed E-state index contributed by atoms with van der Waals surface area (Å²) in [5, 5.41) is 0. The number of hydrogen-bond donors (Lipinski definition) is 1. The van der Waals surface area contributed by atoms with Crippen LogP contribution in [0.2, 0.25) is 0 Å². The third-order valence-electron chi connectivity index (χ3n) is 2.20. The third-order valence-corrected chi connectivity index (χ3v) is 2.20. The molecule has 0 spiro atoms. The molecule has 0 aliphatic carbocycles. The van der Waals surface area contributed by atoms with Gasteiger partial charge in [-0.25, -0.2) is 4.98 Å². The lowest BCUT2D eigenvalue weighted by atomic mass is 9.97. The predicted octanol–water partition coefficient (Wildman–Crippen LogP) is 0.954. The van der Waals surface area contributed by atoms with E-state index in [1.807, 2.05) is 13.8 Å². The van der Waals surface area contributed by atoms with Crippen LogP contribution in [0, 0.1) is 0 Å². The van der Waals surface area contributed by atoms with E-state index in [-0.39, 0.29) is 5.56 Å². The van der Waals surface area contributed by atoms with Gasteiger partial charge >= 0.3 is 0 Å². The third kappa shape index (κ3) is 0.983. The molecule has 0 unspecified atom stereocenters. The first-order chi connectivity index (χ1) is 6.02. The fourth-order valence-corrected chi connectivity index (χ4v) is 1.33. The van der Waals surface area contributed by atoms with Crippen LogP contribution < -0.4 is 10.3 Å². The molecule has 0 saturated heterocycles. The van der Waals surface area contributed by atoms with E-state index in [0.717, 1.165) is 0 Å². The number of nitrogens with zero attached hydrogens (tertiary/aromatic N) is 1. The Morgan fingerprint density at radius 3 is 2.92 bits per heavy atom. The van der Waals surface area contributed by atoms with Crippen LogP contribution >= 0.6 is 0 Å².